The molecular formula is C20H16N4O3. The first kappa shape index (κ1) is 15.6. The third-order valence-corrected chi connectivity index (χ3v) is 4.88. The molecule has 3 heterocycles. The third-order valence-electron chi connectivity index (χ3n) is 4.88. The zero-order valence-corrected chi connectivity index (χ0v) is 14.3. The number of benzene rings is 1. The number of fused-ring (bicyclic) bond motifs is 1. The van der Waals surface area contributed by atoms with Crippen LogP contribution in [0.3, 0.4) is 0 Å². The van der Waals surface area contributed by atoms with Crippen molar-refractivity contribution in [2.45, 2.75) is 18.9 Å². The fraction of sp³-hybridized carbons (Fsp3) is 0.150. The average Bonchev–Trinajstić information content (AvgIpc) is 3.46. The smallest absolute Gasteiger partial charge is 0.280 e. The Morgan fingerprint density at radius 1 is 1.11 bits per heavy atom. The van der Waals surface area contributed by atoms with Gasteiger partial charge in [0, 0.05) is 23.4 Å². The Morgan fingerprint density at radius 2 is 1.93 bits per heavy atom. The Hall–Kier alpha value is -3.61. The molecule has 1 aliphatic carbocycles. The van der Waals surface area contributed by atoms with Crippen LogP contribution in [0.2, 0.25) is 0 Å². The van der Waals surface area contributed by atoms with Gasteiger partial charge in [0.1, 0.15) is 6.26 Å². The highest BCUT2D eigenvalue weighted by molar-refractivity contribution is 6.03. The Morgan fingerprint density at radius 3 is 2.67 bits per heavy atom. The van der Waals surface area contributed by atoms with Gasteiger partial charge in [-0.2, -0.15) is 5.10 Å². The van der Waals surface area contributed by atoms with Crippen LogP contribution in [0.4, 0.5) is 5.88 Å². The highest BCUT2D eigenvalue weighted by Gasteiger charge is 2.24. The molecule has 0 bridgehead atoms. The van der Waals surface area contributed by atoms with Crippen molar-refractivity contribution in [1.82, 2.24) is 14.9 Å². The van der Waals surface area contributed by atoms with Crippen molar-refractivity contribution in [2.75, 3.05) is 5.32 Å². The lowest BCUT2D eigenvalue weighted by atomic mass is 10.1. The van der Waals surface area contributed by atoms with Crippen molar-refractivity contribution in [3.8, 4) is 11.1 Å². The first-order valence-electron chi connectivity index (χ1n) is 8.68. The SMILES string of the molecule is O=C(Nc1occc1-c1cnn(C2Cc3ccccc3C2)c1)c1ccon1. The van der Waals surface area contributed by atoms with Crippen molar-refractivity contribution in [1.29, 1.82) is 0 Å². The van der Waals surface area contributed by atoms with Crippen LogP contribution in [0.25, 0.3) is 11.1 Å². The van der Waals surface area contributed by atoms with Gasteiger partial charge in [-0.05, 0) is 30.0 Å². The summed E-state index contributed by atoms with van der Waals surface area (Å²) < 4.78 is 12.1. The molecule has 0 spiro atoms. The van der Waals surface area contributed by atoms with Gasteiger partial charge < -0.3 is 8.94 Å². The molecule has 1 aromatic carbocycles. The molecule has 0 saturated carbocycles. The predicted molar refractivity (Wildman–Crippen MR) is 97.3 cm³/mol. The molecule has 5 rings (SSSR count). The number of nitrogens with one attached hydrogen (secondary N) is 1. The lowest BCUT2D eigenvalue weighted by molar-refractivity contribution is 0.101. The molecule has 0 fully saturated rings. The lowest BCUT2D eigenvalue weighted by Gasteiger charge is -2.09. The zero-order valence-electron chi connectivity index (χ0n) is 14.3. The Bertz CT molecular complexity index is 1070. The highest BCUT2D eigenvalue weighted by atomic mass is 16.5. The third kappa shape index (κ3) is 2.83. The maximum absolute atomic E-state index is 12.2. The summed E-state index contributed by atoms with van der Waals surface area (Å²) in [5.74, 6) is -0.0316. The van der Waals surface area contributed by atoms with Crippen molar-refractivity contribution >= 4 is 11.8 Å². The number of carbonyl (C=O) groups is 1. The van der Waals surface area contributed by atoms with Crippen LogP contribution in [0.5, 0.6) is 0 Å². The van der Waals surface area contributed by atoms with E-state index < -0.39 is 5.91 Å². The van der Waals surface area contributed by atoms with Gasteiger partial charge in [0.2, 0.25) is 5.88 Å². The first-order valence-corrected chi connectivity index (χ1v) is 8.68. The molecule has 1 aliphatic rings. The molecule has 7 nitrogen and oxygen atoms in total. The summed E-state index contributed by atoms with van der Waals surface area (Å²) in [5, 5.41) is 10.9. The van der Waals surface area contributed by atoms with Gasteiger partial charge in [-0.1, -0.05) is 29.4 Å². The van der Waals surface area contributed by atoms with E-state index in [1.54, 1.807) is 6.20 Å². The van der Waals surface area contributed by atoms with Crippen molar-refractivity contribution in [3.63, 3.8) is 0 Å². The first-order chi connectivity index (χ1) is 13.3. The van der Waals surface area contributed by atoms with E-state index in [2.05, 4.69) is 39.8 Å². The van der Waals surface area contributed by atoms with Crippen LogP contribution in [-0.2, 0) is 12.8 Å². The minimum atomic E-state index is -0.390. The summed E-state index contributed by atoms with van der Waals surface area (Å²) >= 11 is 0. The number of hydrogen-bond acceptors (Lipinski definition) is 5. The van der Waals surface area contributed by atoms with E-state index in [4.69, 9.17) is 8.94 Å². The van der Waals surface area contributed by atoms with Gasteiger partial charge in [-0.3, -0.25) is 14.8 Å². The quantitative estimate of drug-likeness (QED) is 0.599. The summed E-state index contributed by atoms with van der Waals surface area (Å²) in [6, 6.07) is 12.1. The monoisotopic (exact) mass is 360 g/mol. The van der Waals surface area contributed by atoms with Gasteiger partial charge in [-0.15, -0.1) is 0 Å². The molecule has 7 heteroatoms. The van der Waals surface area contributed by atoms with Crippen molar-refractivity contribution in [2.24, 2.45) is 0 Å². The average molecular weight is 360 g/mol. The van der Waals surface area contributed by atoms with E-state index >= 15 is 0 Å². The number of hydrogen-bond donors (Lipinski definition) is 1. The van der Waals surface area contributed by atoms with E-state index in [9.17, 15) is 4.79 Å². The molecule has 4 aromatic rings. The summed E-state index contributed by atoms with van der Waals surface area (Å²) in [6.45, 7) is 0. The van der Waals surface area contributed by atoms with Crippen LogP contribution < -0.4 is 5.32 Å². The standard InChI is InChI=1S/C20H16N4O3/c25-19(18-6-8-27-23-18)22-20-17(5-7-26-20)15-11-21-24(12-15)16-9-13-3-1-2-4-14(13)10-16/h1-8,11-12,16H,9-10H2,(H,22,25). The van der Waals surface area contributed by atoms with Crippen LogP contribution in [-0.4, -0.2) is 20.8 Å². The number of nitrogens with zero attached hydrogens (tertiary/aromatic N) is 3. The summed E-state index contributed by atoms with van der Waals surface area (Å²) in [4.78, 5) is 12.2. The number of aromatic nitrogens is 3. The summed E-state index contributed by atoms with van der Waals surface area (Å²) in [6.07, 6.45) is 8.61. The lowest BCUT2D eigenvalue weighted by Crippen LogP contribution is -2.12. The highest BCUT2D eigenvalue weighted by Crippen LogP contribution is 2.33. The fourth-order valence-corrected chi connectivity index (χ4v) is 3.53. The topological polar surface area (TPSA) is 86.1 Å². The van der Waals surface area contributed by atoms with Gasteiger partial charge in [0.15, 0.2) is 5.69 Å². The molecular weight excluding hydrogens is 344 g/mol. The maximum atomic E-state index is 12.2. The van der Waals surface area contributed by atoms with E-state index in [1.807, 2.05) is 16.9 Å². The van der Waals surface area contributed by atoms with Crippen LogP contribution in [0, 0.1) is 0 Å². The number of anilines is 1. The van der Waals surface area contributed by atoms with Crippen LogP contribution in [0.1, 0.15) is 27.7 Å². The minimum Gasteiger partial charge on any atom is -0.448 e. The summed E-state index contributed by atoms with van der Waals surface area (Å²) in [5.41, 5.74) is 4.60. The normalized spacial score (nSPS) is 13.6. The number of rotatable bonds is 4. The predicted octanol–water partition coefficient (Wildman–Crippen LogP) is 3.72. The number of furan rings is 1. The van der Waals surface area contributed by atoms with Gasteiger partial charge in [-0.25, -0.2) is 0 Å². The second kappa shape index (κ2) is 6.28. The van der Waals surface area contributed by atoms with E-state index in [0.29, 0.717) is 11.9 Å². The van der Waals surface area contributed by atoms with Gasteiger partial charge >= 0.3 is 0 Å². The molecule has 0 atom stereocenters. The molecule has 0 unspecified atom stereocenters. The van der Waals surface area contributed by atoms with Gasteiger partial charge in [0.25, 0.3) is 5.91 Å². The van der Waals surface area contributed by atoms with E-state index in [-0.39, 0.29) is 5.69 Å². The zero-order chi connectivity index (χ0) is 18.2. The molecule has 0 saturated heterocycles. The van der Waals surface area contributed by atoms with Crippen LogP contribution >= 0.6 is 0 Å². The molecule has 0 aliphatic heterocycles. The Kier molecular flexibility index (Phi) is 3.64. The Labute approximate surface area is 154 Å². The molecule has 1 amide bonds. The second-order valence-electron chi connectivity index (χ2n) is 6.54. The van der Waals surface area contributed by atoms with Crippen molar-refractivity contribution < 1.29 is 13.7 Å². The number of carbonyl (C=O) groups excluding carboxylic acids is 1. The van der Waals surface area contributed by atoms with Gasteiger partial charge in [0.05, 0.1) is 18.5 Å². The van der Waals surface area contributed by atoms with Crippen molar-refractivity contribution in [3.05, 3.63) is 78.1 Å². The maximum Gasteiger partial charge on any atom is 0.280 e. The molecule has 134 valence electrons. The molecule has 1 N–H and O–H groups in total. The minimum absolute atomic E-state index is 0.191. The number of amides is 1. The van der Waals surface area contributed by atoms with E-state index in [1.165, 1.54) is 29.7 Å². The Balaban J connectivity index is 1.37. The molecule has 0 radical (unpaired) electrons. The van der Waals surface area contributed by atoms with Crippen LogP contribution in [0.15, 0.2) is 70.3 Å². The second-order valence-corrected chi connectivity index (χ2v) is 6.54. The molecule has 3 aromatic heterocycles. The largest absolute Gasteiger partial charge is 0.448 e. The summed E-state index contributed by atoms with van der Waals surface area (Å²) in [7, 11) is 0. The fourth-order valence-electron chi connectivity index (χ4n) is 3.53. The van der Waals surface area contributed by atoms with E-state index in [0.717, 1.165) is 24.0 Å². The molecule has 27 heavy (non-hydrogen) atoms.